The Balaban J connectivity index is 2.23. The molecule has 4 nitrogen and oxygen atoms in total. The van der Waals surface area contributed by atoms with Gasteiger partial charge in [0, 0.05) is 6.20 Å². The number of nitrogens with one attached hydrogen (secondary N) is 1. The van der Waals surface area contributed by atoms with Gasteiger partial charge >= 0.3 is 0 Å². The molecule has 0 atom stereocenters. The highest BCUT2D eigenvalue weighted by atomic mass is 32.1. The van der Waals surface area contributed by atoms with Gasteiger partial charge in [0.05, 0.1) is 10.7 Å². The molecule has 2 aromatic heterocycles. The first-order chi connectivity index (χ1) is 8.08. The second-order valence-electron chi connectivity index (χ2n) is 3.77. The topological polar surface area (TPSA) is 54.9 Å². The number of pyridine rings is 1. The molecule has 0 bridgehead atoms. The highest BCUT2D eigenvalue weighted by Crippen LogP contribution is 2.19. The van der Waals surface area contributed by atoms with Crippen molar-refractivity contribution in [3.63, 3.8) is 0 Å². The van der Waals surface area contributed by atoms with Gasteiger partial charge in [-0.3, -0.25) is 4.79 Å². The summed E-state index contributed by atoms with van der Waals surface area (Å²) in [6.07, 6.45) is 1.66. The third-order valence-electron chi connectivity index (χ3n) is 2.35. The van der Waals surface area contributed by atoms with Gasteiger partial charge in [-0.1, -0.05) is 6.07 Å². The number of carbonyl (C=O) groups is 1. The molecule has 2 aromatic rings. The van der Waals surface area contributed by atoms with E-state index in [0.717, 1.165) is 16.3 Å². The fourth-order valence-corrected chi connectivity index (χ4v) is 2.34. The first-order valence-electron chi connectivity index (χ1n) is 5.25. The van der Waals surface area contributed by atoms with E-state index in [9.17, 15) is 4.79 Å². The zero-order valence-electron chi connectivity index (χ0n) is 9.94. The van der Waals surface area contributed by atoms with E-state index >= 15 is 0 Å². The van der Waals surface area contributed by atoms with E-state index in [-0.39, 0.29) is 5.91 Å². The maximum atomic E-state index is 12.0. The number of carbonyl (C=O) groups excluding carboxylic acids is 1. The average Bonchev–Trinajstić information content (AvgIpc) is 2.61. The Hall–Kier alpha value is -1.75. The number of thiazole rings is 1. The van der Waals surface area contributed by atoms with Gasteiger partial charge in [-0.15, -0.1) is 11.3 Å². The Kier molecular flexibility index (Phi) is 3.19. The van der Waals surface area contributed by atoms with Crippen LogP contribution in [0.3, 0.4) is 0 Å². The van der Waals surface area contributed by atoms with E-state index in [4.69, 9.17) is 0 Å². The van der Waals surface area contributed by atoms with E-state index < -0.39 is 0 Å². The van der Waals surface area contributed by atoms with Crippen molar-refractivity contribution in [3.05, 3.63) is 39.5 Å². The molecule has 0 spiro atoms. The highest BCUT2D eigenvalue weighted by Gasteiger charge is 2.14. The summed E-state index contributed by atoms with van der Waals surface area (Å²) in [5.41, 5.74) is 1.71. The van der Waals surface area contributed by atoms with Crippen LogP contribution in [0.5, 0.6) is 0 Å². The van der Waals surface area contributed by atoms with Crippen LogP contribution in [-0.2, 0) is 0 Å². The Morgan fingerprint density at radius 3 is 2.71 bits per heavy atom. The van der Waals surface area contributed by atoms with Gasteiger partial charge in [0.1, 0.15) is 10.7 Å². The summed E-state index contributed by atoms with van der Waals surface area (Å²) in [5.74, 6) is 0.456. The lowest BCUT2D eigenvalue weighted by atomic mass is 10.3. The van der Waals surface area contributed by atoms with E-state index in [0.29, 0.717) is 10.7 Å². The zero-order valence-corrected chi connectivity index (χ0v) is 10.8. The van der Waals surface area contributed by atoms with Crippen LogP contribution in [0, 0.1) is 20.8 Å². The maximum absolute atomic E-state index is 12.0. The normalized spacial score (nSPS) is 10.3. The van der Waals surface area contributed by atoms with Crippen LogP contribution in [0.2, 0.25) is 0 Å². The molecule has 0 aliphatic carbocycles. The number of aryl methyl sites for hydroxylation is 3. The molecule has 88 valence electrons. The van der Waals surface area contributed by atoms with Gasteiger partial charge in [-0.2, -0.15) is 0 Å². The van der Waals surface area contributed by atoms with Gasteiger partial charge in [0.2, 0.25) is 0 Å². The minimum atomic E-state index is -0.144. The number of hydrogen-bond donors (Lipinski definition) is 1. The van der Waals surface area contributed by atoms with Crippen LogP contribution in [0.1, 0.15) is 25.9 Å². The Morgan fingerprint density at radius 2 is 2.12 bits per heavy atom. The fourth-order valence-electron chi connectivity index (χ4n) is 1.52. The van der Waals surface area contributed by atoms with Crippen molar-refractivity contribution >= 4 is 23.1 Å². The summed E-state index contributed by atoms with van der Waals surface area (Å²) in [4.78, 5) is 21.0. The van der Waals surface area contributed by atoms with Crippen LogP contribution in [-0.4, -0.2) is 15.9 Å². The molecule has 1 amide bonds. The monoisotopic (exact) mass is 247 g/mol. The van der Waals surface area contributed by atoms with Crippen LogP contribution in [0.4, 0.5) is 5.82 Å². The summed E-state index contributed by atoms with van der Waals surface area (Å²) in [7, 11) is 0. The van der Waals surface area contributed by atoms with Crippen molar-refractivity contribution in [1.29, 1.82) is 0 Å². The number of hydrogen-bond acceptors (Lipinski definition) is 4. The molecule has 0 saturated heterocycles. The van der Waals surface area contributed by atoms with Crippen molar-refractivity contribution in [2.75, 3.05) is 5.32 Å². The van der Waals surface area contributed by atoms with E-state index in [2.05, 4.69) is 15.3 Å². The largest absolute Gasteiger partial charge is 0.306 e. The van der Waals surface area contributed by atoms with Gasteiger partial charge in [0.15, 0.2) is 0 Å². The lowest BCUT2D eigenvalue weighted by Gasteiger charge is -2.05. The summed E-state index contributed by atoms with van der Waals surface area (Å²) in [6, 6.07) is 3.75. The number of amides is 1. The minimum absolute atomic E-state index is 0.144. The molecule has 17 heavy (non-hydrogen) atoms. The molecule has 0 radical (unpaired) electrons. The van der Waals surface area contributed by atoms with Gasteiger partial charge in [-0.05, 0) is 32.4 Å². The predicted molar refractivity (Wildman–Crippen MR) is 68.5 cm³/mol. The van der Waals surface area contributed by atoms with Crippen molar-refractivity contribution in [2.24, 2.45) is 0 Å². The lowest BCUT2D eigenvalue weighted by molar-refractivity contribution is 0.102. The number of aromatic nitrogens is 2. The summed E-state index contributed by atoms with van der Waals surface area (Å²) in [6.45, 7) is 5.64. The third-order valence-corrected chi connectivity index (χ3v) is 3.42. The predicted octanol–water partition coefficient (Wildman–Crippen LogP) is 2.72. The molecule has 0 aliphatic heterocycles. The second kappa shape index (κ2) is 4.63. The molecule has 0 saturated carbocycles. The second-order valence-corrected chi connectivity index (χ2v) is 4.97. The van der Waals surface area contributed by atoms with Gasteiger partial charge in [-0.25, -0.2) is 9.97 Å². The number of nitrogens with zero attached hydrogens (tertiary/aromatic N) is 2. The number of anilines is 1. The SMILES string of the molecule is Cc1nc(C)c(C(=O)Nc2ncccc2C)s1. The molecular formula is C12H13N3OS. The van der Waals surface area contributed by atoms with Crippen molar-refractivity contribution in [1.82, 2.24) is 9.97 Å². The van der Waals surface area contributed by atoms with Crippen LogP contribution < -0.4 is 5.32 Å². The van der Waals surface area contributed by atoms with E-state index in [1.54, 1.807) is 6.20 Å². The van der Waals surface area contributed by atoms with Gasteiger partial charge < -0.3 is 5.32 Å². The van der Waals surface area contributed by atoms with Crippen LogP contribution in [0.15, 0.2) is 18.3 Å². The zero-order chi connectivity index (χ0) is 12.4. The maximum Gasteiger partial charge on any atom is 0.268 e. The van der Waals surface area contributed by atoms with E-state index in [1.165, 1.54) is 11.3 Å². The first kappa shape index (κ1) is 11.7. The molecule has 0 unspecified atom stereocenters. The fraction of sp³-hybridized carbons (Fsp3) is 0.250. The van der Waals surface area contributed by atoms with Crippen LogP contribution in [0.25, 0.3) is 0 Å². The molecule has 2 heterocycles. The molecular weight excluding hydrogens is 234 g/mol. The Labute approximate surface area is 104 Å². The van der Waals surface area contributed by atoms with Crippen molar-refractivity contribution in [3.8, 4) is 0 Å². The van der Waals surface area contributed by atoms with Gasteiger partial charge in [0.25, 0.3) is 5.91 Å². The Morgan fingerprint density at radius 1 is 1.35 bits per heavy atom. The minimum Gasteiger partial charge on any atom is -0.306 e. The summed E-state index contributed by atoms with van der Waals surface area (Å²) >= 11 is 1.40. The molecule has 1 N–H and O–H groups in total. The smallest absolute Gasteiger partial charge is 0.268 e. The molecule has 5 heteroatoms. The van der Waals surface area contributed by atoms with Crippen molar-refractivity contribution < 1.29 is 4.79 Å². The quantitative estimate of drug-likeness (QED) is 0.887. The Bertz CT molecular complexity index is 563. The molecule has 0 aliphatic rings. The van der Waals surface area contributed by atoms with Crippen molar-refractivity contribution in [2.45, 2.75) is 20.8 Å². The average molecular weight is 247 g/mol. The lowest BCUT2D eigenvalue weighted by Crippen LogP contribution is -2.13. The highest BCUT2D eigenvalue weighted by molar-refractivity contribution is 7.13. The number of rotatable bonds is 2. The summed E-state index contributed by atoms with van der Waals surface area (Å²) in [5, 5.41) is 3.69. The third kappa shape index (κ3) is 2.50. The molecule has 2 rings (SSSR count). The molecule has 0 aromatic carbocycles. The molecule has 0 fully saturated rings. The standard InChI is InChI=1S/C12H13N3OS/c1-7-5-4-6-13-11(7)15-12(16)10-8(2)14-9(3)17-10/h4-6H,1-3H3,(H,13,15,16). The van der Waals surface area contributed by atoms with Crippen LogP contribution >= 0.6 is 11.3 Å². The summed E-state index contributed by atoms with van der Waals surface area (Å²) < 4.78 is 0. The first-order valence-corrected chi connectivity index (χ1v) is 6.06. The van der Waals surface area contributed by atoms with E-state index in [1.807, 2.05) is 32.9 Å².